The van der Waals surface area contributed by atoms with Gasteiger partial charge in [-0.15, -0.1) is 0 Å². The molecule has 6 heteroatoms. The first kappa shape index (κ1) is 29.8. The molecule has 4 aromatic rings. The maximum Gasteiger partial charge on any atom is 0.389 e. The molecule has 1 N–H and O–H groups in total. The van der Waals surface area contributed by atoms with E-state index in [1.165, 1.54) is 5.56 Å². The summed E-state index contributed by atoms with van der Waals surface area (Å²) in [5, 5.41) is 11.6. The molecular formula is C34H37F3O3. The Kier molecular flexibility index (Phi) is 10.4. The molecule has 0 aliphatic rings. The van der Waals surface area contributed by atoms with Crippen LogP contribution in [0.5, 0.6) is 0 Å². The summed E-state index contributed by atoms with van der Waals surface area (Å²) < 4.78 is 47.8. The van der Waals surface area contributed by atoms with Gasteiger partial charge >= 0.3 is 6.18 Å². The van der Waals surface area contributed by atoms with Crippen molar-refractivity contribution in [2.24, 2.45) is 0 Å². The second-order valence-electron chi connectivity index (χ2n) is 10.3. The third-order valence-electron chi connectivity index (χ3n) is 7.03. The van der Waals surface area contributed by atoms with Crippen LogP contribution >= 0.6 is 0 Å². The molecule has 0 aliphatic carbocycles. The second-order valence-corrected chi connectivity index (χ2v) is 10.3. The fourth-order valence-electron chi connectivity index (χ4n) is 4.93. The minimum atomic E-state index is -4.08. The predicted molar refractivity (Wildman–Crippen MR) is 155 cm³/mol. The molecule has 1 unspecified atom stereocenters. The molecule has 40 heavy (non-hydrogen) atoms. The van der Waals surface area contributed by atoms with Gasteiger partial charge < -0.3 is 14.6 Å². The Morgan fingerprint density at radius 2 is 1.25 bits per heavy atom. The van der Waals surface area contributed by atoms with Crippen molar-refractivity contribution in [3.8, 4) is 22.3 Å². The number of rotatable bonds is 13. The van der Waals surface area contributed by atoms with Crippen LogP contribution in [0.1, 0.15) is 42.9 Å². The third-order valence-corrected chi connectivity index (χ3v) is 7.03. The molecule has 4 aromatic carbocycles. The van der Waals surface area contributed by atoms with E-state index in [0.717, 1.165) is 50.6 Å². The highest BCUT2D eigenvalue weighted by Crippen LogP contribution is 2.30. The van der Waals surface area contributed by atoms with Gasteiger partial charge in [0.25, 0.3) is 0 Å². The van der Waals surface area contributed by atoms with Crippen LogP contribution in [0, 0.1) is 0 Å². The Morgan fingerprint density at radius 1 is 0.650 bits per heavy atom. The summed E-state index contributed by atoms with van der Waals surface area (Å²) in [6.45, 7) is 2.71. The van der Waals surface area contributed by atoms with Crippen LogP contribution in [0.15, 0.2) is 78.9 Å². The van der Waals surface area contributed by atoms with E-state index in [1.807, 2.05) is 6.07 Å². The first-order chi connectivity index (χ1) is 19.2. The van der Waals surface area contributed by atoms with E-state index in [1.54, 1.807) is 14.0 Å². The van der Waals surface area contributed by atoms with Crippen molar-refractivity contribution in [1.82, 2.24) is 0 Å². The zero-order valence-electron chi connectivity index (χ0n) is 23.1. The lowest BCUT2D eigenvalue weighted by molar-refractivity contribution is -0.135. The minimum absolute atomic E-state index is 0.159. The first-order valence-corrected chi connectivity index (χ1v) is 13.8. The topological polar surface area (TPSA) is 38.7 Å². The van der Waals surface area contributed by atoms with E-state index in [0.29, 0.717) is 32.5 Å². The molecule has 212 valence electrons. The highest BCUT2D eigenvalue weighted by molar-refractivity contribution is 5.88. The van der Waals surface area contributed by atoms with Crippen LogP contribution in [0.25, 0.3) is 33.0 Å². The maximum absolute atomic E-state index is 12.4. The molecule has 0 saturated carbocycles. The van der Waals surface area contributed by atoms with Gasteiger partial charge in [0.15, 0.2) is 6.29 Å². The number of halogens is 3. The van der Waals surface area contributed by atoms with Crippen LogP contribution in [0.4, 0.5) is 13.2 Å². The largest absolute Gasteiger partial charge is 0.389 e. The number of hydrogen-bond acceptors (Lipinski definition) is 3. The normalized spacial score (nSPS) is 12.7. The molecule has 0 aliphatic heterocycles. The molecule has 0 heterocycles. The minimum Gasteiger partial charge on any atom is -0.384 e. The Balaban J connectivity index is 1.48. The van der Waals surface area contributed by atoms with Gasteiger partial charge in [-0.2, -0.15) is 13.2 Å². The van der Waals surface area contributed by atoms with E-state index in [9.17, 15) is 18.3 Å². The fourth-order valence-corrected chi connectivity index (χ4v) is 4.93. The molecular weight excluding hydrogens is 513 g/mol. The van der Waals surface area contributed by atoms with Crippen LogP contribution in [-0.4, -0.2) is 37.9 Å². The lowest BCUT2D eigenvalue weighted by Gasteiger charge is -2.12. The number of hydrogen-bond donors (Lipinski definition) is 1. The average molecular weight is 551 g/mol. The van der Waals surface area contributed by atoms with E-state index >= 15 is 0 Å². The summed E-state index contributed by atoms with van der Waals surface area (Å²) in [4.78, 5) is 0. The van der Waals surface area contributed by atoms with Crippen molar-refractivity contribution >= 4 is 10.8 Å². The lowest BCUT2D eigenvalue weighted by Crippen LogP contribution is -2.09. The number of benzene rings is 4. The molecule has 0 radical (unpaired) electrons. The van der Waals surface area contributed by atoms with Crippen molar-refractivity contribution in [3.05, 3.63) is 95.6 Å². The quantitative estimate of drug-likeness (QED) is 0.134. The summed E-state index contributed by atoms with van der Waals surface area (Å²) in [7, 11) is 1.70. The summed E-state index contributed by atoms with van der Waals surface area (Å²) in [5.74, 6) is 0. The van der Waals surface area contributed by atoms with E-state index < -0.39 is 18.9 Å². The van der Waals surface area contributed by atoms with Gasteiger partial charge in [0, 0.05) is 13.5 Å². The Hall–Kier alpha value is -3.19. The maximum atomic E-state index is 12.4. The number of aliphatic hydroxyl groups is 1. The molecule has 0 amide bonds. The standard InChI is InChI=1S/C34H37F3O3/c1-24(38)40-18-15-27-19-26(14-17-39-2)21-33(22-27)29-10-8-28(9-11-29)31-13-12-30-20-25(6-7-32(30)23-31)5-3-4-16-34(35,36)37/h6-13,19-24,38H,3-5,14-18H2,1-2H3. The number of unbranched alkanes of at least 4 members (excludes halogenated alkanes) is 1. The molecule has 0 bridgehead atoms. The van der Waals surface area contributed by atoms with Gasteiger partial charge in [-0.3, -0.25) is 0 Å². The van der Waals surface area contributed by atoms with E-state index in [4.69, 9.17) is 9.47 Å². The van der Waals surface area contributed by atoms with Crippen molar-refractivity contribution in [3.63, 3.8) is 0 Å². The SMILES string of the molecule is COCCc1cc(CCOC(C)O)cc(-c2ccc(-c3ccc4cc(CCCCC(F)(F)F)ccc4c3)cc2)c1. The molecule has 1 atom stereocenters. The van der Waals surface area contributed by atoms with Crippen molar-refractivity contribution < 1.29 is 27.8 Å². The van der Waals surface area contributed by atoms with Crippen LogP contribution in [-0.2, 0) is 28.7 Å². The van der Waals surface area contributed by atoms with Crippen LogP contribution in [0.2, 0.25) is 0 Å². The monoisotopic (exact) mass is 550 g/mol. The van der Waals surface area contributed by atoms with E-state index in [-0.39, 0.29) is 6.42 Å². The van der Waals surface area contributed by atoms with Crippen LogP contribution < -0.4 is 0 Å². The van der Waals surface area contributed by atoms with Gasteiger partial charge in [0.05, 0.1) is 13.2 Å². The number of aryl methyl sites for hydroxylation is 1. The Morgan fingerprint density at radius 3 is 1.90 bits per heavy atom. The van der Waals surface area contributed by atoms with Crippen molar-refractivity contribution in [2.75, 3.05) is 20.3 Å². The zero-order chi connectivity index (χ0) is 28.5. The molecule has 0 aromatic heterocycles. The Labute approximate surface area is 234 Å². The van der Waals surface area contributed by atoms with Crippen molar-refractivity contribution in [2.45, 2.75) is 57.9 Å². The molecule has 3 nitrogen and oxygen atoms in total. The first-order valence-electron chi connectivity index (χ1n) is 13.8. The highest BCUT2D eigenvalue weighted by atomic mass is 19.4. The van der Waals surface area contributed by atoms with Gasteiger partial charge in [-0.05, 0) is 94.8 Å². The molecule has 0 spiro atoms. The summed E-state index contributed by atoms with van der Waals surface area (Å²) >= 11 is 0. The number of methoxy groups -OCH3 is 1. The van der Waals surface area contributed by atoms with Crippen molar-refractivity contribution in [1.29, 1.82) is 0 Å². The predicted octanol–water partition coefficient (Wildman–Crippen LogP) is 8.54. The number of ether oxygens (including phenoxy) is 2. The molecule has 0 saturated heterocycles. The van der Waals surface area contributed by atoms with Gasteiger partial charge in [-0.25, -0.2) is 0 Å². The fraction of sp³-hybridized carbons (Fsp3) is 0.353. The second kappa shape index (κ2) is 13.9. The lowest BCUT2D eigenvalue weighted by atomic mass is 9.95. The number of aliphatic hydroxyl groups excluding tert-OH is 1. The average Bonchev–Trinajstić information content (AvgIpc) is 2.93. The smallest absolute Gasteiger partial charge is 0.384 e. The zero-order valence-corrected chi connectivity index (χ0v) is 23.1. The highest BCUT2D eigenvalue weighted by Gasteiger charge is 2.25. The third kappa shape index (κ3) is 8.91. The summed E-state index contributed by atoms with van der Waals surface area (Å²) in [5.41, 5.74) is 7.90. The Bertz CT molecular complexity index is 1380. The molecule has 0 fully saturated rings. The van der Waals surface area contributed by atoms with Gasteiger partial charge in [0.1, 0.15) is 0 Å². The summed E-state index contributed by atoms with van der Waals surface area (Å²) in [6, 6.07) is 27.6. The van der Waals surface area contributed by atoms with Gasteiger partial charge in [0.2, 0.25) is 0 Å². The van der Waals surface area contributed by atoms with Gasteiger partial charge in [-0.1, -0.05) is 72.8 Å². The van der Waals surface area contributed by atoms with E-state index in [2.05, 4.69) is 72.8 Å². The number of alkyl halides is 3. The number of fused-ring (bicyclic) bond motifs is 1. The summed E-state index contributed by atoms with van der Waals surface area (Å²) in [6.07, 6.45) is -2.71. The molecule has 4 rings (SSSR count). The van der Waals surface area contributed by atoms with Crippen LogP contribution in [0.3, 0.4) is 0 Å².